The van der Waals surface area contributed by atoms with Crippen LogP contribution in [0.5, 0.6) is 0 Å². The van der Waals surface area contributed by atoms with Crippen molar-refractivity contribution in [2.24, 2.45) is 0 Å². The molecule has 1 aliphatic heterocycles. The second-order valence-corrected chi connectivity index (χ2v) is 7.76. The molecule has 0 amide bonds. The van der Waals surface area contributed by atoms with Crippen molar-refractivity contribution in [2.45, 2.75) is 24.5 Å². The van der Waals surface area contributed by atoms with E-state index in [9.17, 15) is 14.6 Å². The first-order valence-electron chi connectivity index (χ1n) is 9.40. The molecule has 3 N–H and O–H groups in total. The summed E-state index contributed by atoms with van der Waals surface area (Å²) in [5, 5.41) is 26.6. The van der Waals surface area contributed by atoms with E-state index in [1.807, 2.05) is 5.38 Å². The normalized spacial score (nSPS) is 23.7. The lowest BCUT2D eigenvalue weighted by atomic mass is 10.1. The molecule has 0 aliphatic carbocycles. The van der Waals surface area contributed by atoms with E-state index >= 15 is 0 Å². The minimum Gasteiger partial charge on any atom is -0.387 e. The second-order valence-electron chi connectivity index (χ2n) is 6.86. The van der Waals surface area contributed by atoms with Gasteiger partial charge in [0.1, 0.15) is 30.5 Å². The van der Waals surface area contributed by atoms with Crippen LogP contribution in [-0.2, 0) is 4.74 Å². The first-order chi connectivity index (χ1) is 15.1. The van der Waals surface area contributed by atoms with Gasteiger partial charge in [0, 0.05) is 17.1 Å². The minimum absolute atomic E-state index is 0.356. The topological polar surface area (TPSA) is 118 Å². The standard InChI is InChI=1S/C20H17FN6O3S/c21-12-4-2-1-3-11(12)5-6-13-15(28)16(29)19(30-13)27-10-25-14-17(23-9-24-18(14)27)26-20-22-7-8-31-20/h1-10,13,15-16,19,28-29H,(H,22,23,24,26)/t13-,15-,16-,19-/m1/s1. The number of imidazole rings is 1. The maximum absolute atomic E-state index is 13.8. The Morgan fingerprint density at radius 3 is 2.81 bits per heavy atom. The van der Waals surface area contributed by atoms with Crippen LogP contribution in [0.4, 0.5) is 15.3 Å². The number of nitrogens with zero attached hydrogens (tertiary/aromatic N) is 5. The Morgan fingerprint density at radius 2 is 2.00 bits per heavy atom. The van der Waals surface area contributed by atoms with Gasteiger partial charge >= 0.3 is 0 Å². The molecular weight excluding hydrogens is 423 g/mol. The average Bonchev–Trinajstić information content (AvgIpc) is 3.50. The Bertz CT molecular complexity index is 1230. The number of nitrogens with one attached hydrogen (secondary N) is 1. The Hall–Kier alpha value is -3.25. The molecule has 11 heteroatoms. The van der Waals surface area contributed by atoms with E-state index in [1.54, 1.807) is 24.4 Å². The maximum atomic E-state index is 13.8. The number of hydrogen-bond donors (Lipinski definition) is 3. The van der Waals surface area contributed by atoms with Crippen molar-refractivity contribution in [1.82, 2.24) is 24.5 Å². The van der Waals surface area contributed by atoms with Crippen LogP contribution >= 0.6 is 11.3 Å². The van der Waals surface area contributed by atoms with Crippen LogP contribution in [0.15, 0.2) is 54.6 Å². The van der Waals surface area contributed by atoms with E-state index in [0.29, 0.717) is 27.7 Å². The van der Waals surface area contributed by atoms with Crippen LogP contribution < -0.4 is 5.32 Å². The van der Waals surface area contributed by atoms with Crippen molar-refractivity contribution in [1.29, 1.82) is 0 Å². The molecule has 1 saturated heterocycles. The van der Waals surface area contributed by atoms with Crippen LogP contribution in [-0.4, -0.2) is 53.0 Å². The van der Waals surface area contributed by atoms with E-state index in [4.69, 9.17) is 4.74 Å². The molecule has 1 aromatic carbocycles. The number of thiazole rings is 1. The van der Waals surface area contributed by atoms with E-state index in [-0.39, 0.29) is 5.82 Å². The Kier molecular flexibility index (Phi) is 5.16. The third kappa shape index (κ3) is 3.68. The number of halogens is 1. The van der Waals surface area contributed by atoms with Gasteiger partial charge in [0.25, 0.3) is 0 Å². The van der Waals surface area contributed by atoms with Gasteiger partial charge in [-0.05, 0) is 6.07 Å². The summed E-state index contributed by atoms with van der Waals surface area (Å²) in [5.74, 6) is 0.0728. The smallest absolute Gasteiger partial charge is 0.188 e. The van der Waals surface area contributed by atoms with Crippen LogP contribution in [0.1, 0.15) is 11.8 Å². The van der Waals surface area contributed by atoms with Crippen molar-refractivity contribution in [3.63, 3.8) is 0 Å². The quantitative estimate of drug-likeness (QED) is 0.433. The van der Waals surface area contributed by atoms with Crippen LogP contribution in [0.25, 0.3) is 17.2 Å². The molecule has 31 heavy (non-hydrogen) atoms. The van der Waals surface area contributed by atoms with Gasteiger partial charge < -0.3 is 20.3 Å². The number of aromatic nitrogens is 5. The highest BCUT2D eigenvalue weighted by atomic mass is 32.1. The zero-order chi connectivity index (χ0) is 21.4. The SMILES string of the molecule is O[C@@H]1[C@H](O)[C@@H](C=Cc2ccccc2F)O[C@H]1n1cnc2c(Nc3nccs3)ncnc21. The predicted molar refractivity (Wildman–Crippen MR) is 112 cm³/mol. The van der Waals surface area contributed by atoms with Crippen molar-refractivity contribution >= 4 is 39.5 Å². The summed E-state index contributed by atoms with van der Waals surface area (Å²) in [6.07, 6.45) is 3.32. The predicted octanol–water partition coefficient (Wildman–Crippen LogP) is 2.50. The van der Waals surface area contributed by atoms with Gasteiger partial charge in [-0.25, -0.2) is 24.3 Å². The van der Waals surface area contributed by atoms with E-state index < -0.39 is 24.5 Å². The molecule has 1 aliphatic rings. The zero-order valence-corrected chi connectivity index (χ0v) is 16.7. The Labute approximate surface area is 179 Å². The first-order valence-corrected chi connectivity index (χ1v) is 10.3. The van der Waals surface area contributed by atoms with E-state index in [2.05, 4.69) is 25.3 Å². The maximum Gasteiger partial charge on any atom is 0.188 e. The first kappa shape index (κ1) is 19.7. The molecule has 9 nitrogen and oxygen atoms in total. The summed E-state index contributed by atoms with van der Waals surface area (Å²) in [7, 11) is 0. The Morgan fingerprint density at radius 1 is 1.13 bits per heavy atom. The number of fused-ring (bicyclic) bond motifs is 1. The molecule has 158 valence electrons. The molecule has 1 fully saturated rings. The van der Waals surface area contributed by atoms with Crippen LogP contribution in [0.3, 0.4) is 0 Å². The van der Waals surface area contributed by atoms with Crippen molar-refractivity contribution in [2.75, 3.05) is 5.32 Å². The summed E-state index contributed by atoms with van der Waals surface area (Å²) in [6.45, 7) is 0. The molecule has 5 rings (SSSR count). The van der Waals surface area contributed by atoms with Gasteiger partial charge in [-0.3, -0.25) is 4.57 Å². The van der Waals surface area contributed by atoms with Crippen molar-refractivity contribution in [3.05, 3.63) is 66.0 Å². The third-order valence-corrected chi connectivity index (χ3v) is 5.63. The summed E-state index contributed by atoms with van der Waals surface area (Å²) in [4.78, 5) is 17.0. The number of ether oxygens (including phenoxy) is 1. The number of aliphatic hydroxyl groups excluding tert-OH is 2. The van der Waals surface area contributed by atoms with Crippen LogP contribution in [0.2, 0.25) is 0 Å². The molecular formula is C20H17FN6O3S. The van der Waals surface area contributed by atoms with E-state index in [1.165, 1.54) is 46.8 Å². The number of rotatable bonds is 5. The molecule has 4 aromatic rings. The molecule has 4 heterocycles. The van der Waals surface area contributed by atoms with Crippen LogP contribution in [0, 0.1) is 5.82 Å². The lowest BCUT2D eigenvalue weighted by molar-refractivity contribution is -0.0243. The largest absolute Gasteiger partial charge is 0.387 e. The molecule has 4 atom stereocenters. The number of aliphatic hydroxyl groups is 2. The fourth-order valence-electron chi connectivity index (χ4n) is 3.40. The molecule has 0 bridgehead atoms. The lowest BCUT2D eigenvalue weighted by Crippen LogP contribution is -2.30. The lowest BCUT2D eigenvalue weighted by Gasteiger charge is -2.16. The van der Waals surface area contributed by atoms with Crippen molar-refractivity contribution in [3.8, 4) is 0 Å². The fourth-order valence-corrected chi connectivity index (χ4v) is 3.93. The molecule has 0 unspecified atom stereocenters. The molecule has 0 saturated carbocycles. The third-order valence-electron chi connectivity index (χ3n) is 4.94. The minimum atomic E-state index is -1.24. The summed E-state index contributed by atoms with van der Waals surface area (Å²) < 4.78 is 21.3. The van der Waals surface area contributed by atoms with Gasteiger partial charge in [-0.2, -0.15) is 0 Å². The Balaban J connectivity index is 1.42. The molecule has 0 spiro atoms. The highest BCUT2D eigenvalue weighted by Gasteiger charge is 2.43. The van der Waals surface area contributed by atoms with Gasteiger partial charge in [0.15, 0.2) is 28.3 Å². The van der Waals surface area contributed by atoms with Gasteiger partial charge in [0.2, 0.25) is 0 Å². The number of anilines is 2. The van der Waals surface area contributed by atoms with Crippen molar-refractivity contribution < 1.29 is 19.3 Å². The summed E-state index contributed by atoms with van der Waals surface area (Å²) in [6, 6.07) is 6.26. The monoisotopic (exact) mass is 440 g/mol. The zero-order valence-electron chi connectivity index (χ0n) is 15.9. The second kappa shape index (κ2) is 8.12. The van der Waals surface area contributed by atoms with E-state index in [0.717, 1.165) is 0 Å². The number of hydrogen-bond acceptors (Lipinski definition) is 9. The van der Waals surface area contributed by atoms with Gasteiger partial charge in [-0.1, -0.05) is 30.4 Å². The van der Waals surface area contributed by atoms with Gasteiger partial charge in [-0.15, -0.1) is 11.3 Å². The number of benzene rings is 1. The highest BCUT2D eigenvalue weighted by Crippen LogP contribution is 2.33. The summed E-state index contributed by atoms with van der Waals surface area (Å²) >= 11 is 1.41. The highest BCUT2D eigenvalue weighted by molar-refractivity contribution is 7.13. The molecule has 3 aromatic heterocycles. The average molecular weight is 440 g/mol. The molecule has 0 radical (unpaired) electrons. The fraction of sp³-hybridized carbons (Fsp3) is 0.200. The van der Waals surface area contributed by atoms with Gasteiger partial charge in [0.05, 0.1) is 6.33 Å². The summed E-state index contributed by atoms with van der Waals surface area (Å²) in [5.41, 5.74) is 1.24.